The van der Waals surface area contributed by atoms with Crippen LogP contribution in [0.1, 0.15) is 34.1 Å². The Balaban J connectivity index is 2.71. The van der Waals surface area contributed by atoms with Gasteiger partial charge in [0, 0.05) is 0 Å². The summed E-state index contributed by atoms with van der Waals surface area (Å²) in [6.45, 7) is 5.79. The summed E-state index contributed by atoms with van der Waals surface area (Å²) in [7, 11) is 0. The van der Waals surface area contributed by atoms with E-state index in [1.54, 1.807) is 6.92 Å². The molecule has 0 radical (unpaired) electrons. The average Bonchev–Trinajstić information content (AvgIpc) is 2.18. The molecular formula is C12H23NO6. The van der Waals surface area contributed by atoms with Crippen LogP contribution >= 0.6 is 0 Å². The van der Waals surface area contributed by atoms with E-state index in [-0.39, 0.29) is 6.42 Å². The van der Waals surface area contributed by atoms with E-state index >= 15 is 0 Å². The molecule has 1 aliphatic heterocycles. The Morgan fingerprint density at radius 1 is 1.42 bits per heavy atom. The van der Waals surface area contributed by atoms with Gasteiger partial charge >= 0.3 is 0 Å². The molecule has 0 aliphatic carbocycles. The van der Waals surface area contributed by atoms with Crippen molar-refractivity contribution >= 4 is 5.91 Å². The molecule has 112 valence electrons. The lowest BCUT2D eigenvalue weighted by Crippen LogP contribution is -2.67. The lowest BCUT2D eigenvalue weighted by atomic mass is 9.91. The Kier molecular flexibility index (Phi) is 4.58. The van der Waals surface area contributed by atoms with Crippen molar-refractivity contribution < 1.29 is 30.0 Å². The van der Waals surface area contributed by atoms with Crippen LogP contribution in [0.2, 0.25) is 0 Å². The average molecular weight is 277 g/mol. The van der Waals surface area contributed by atoms with E-state index in [9.17, 15) is 25.2 Å². The van der Waals surface area contributed by atoms with Gasteiger partial charge in [0.15, 0.2) is 5.79 Å². The molecule has 5 atom stereocenters. The molecule has 1 unspecified atom stereocenters. The van der Waals surface area contributed by atoms with E-state index < -0.39 is 41.6 Å². The number of rotatable bonds is 3. The minimum Gasteiger partial charge on any atom is -0.390 e. The topological polar surface area (TPSA) is 119 Å². The number of hydrogen-bond donors (Lipinski definition) is 5. The van der Waals surface area contributed by atoms with Gasteiger partial charge in [0.25, 0.3) is 0 Å². The number of aliphatic hydroxyl groups is 4. The molecule has 5 N–H and O–H groups in total. The van der Waals surface area contributed by atoms with Gasteiger partial charge in [-0.3, -0.25) is 4.79 Å². The molecular weight excluding hydrogens is 254 g/mol. The van der Waals surface area contributed by atoms with Crippen LogP contribution in [0.3, 0.4) is 0 Å². The summed E-state index contributed by atoms with van der Waals surface area (Å²) in [6.07, 6.45) is -3.71. The third kappa shape index (κ3) is 4.12. The number of carbonyl (C=O) groups excluding carboxylic acids is 1. The first-order chi connectivity index (χ1) is 8.44. The fraction of sp³-hybridized carbons (Fsp3) is 0.917. The summed E-state index contributed by atoms with van der Waals surface area (Å²) in [6, 6.07) is -0.856. The van der Waals surface area contributed by atoms with Crippen LogP contribution < -0.4 is 5.32 Å². The normalized spacial score (nSPS) is 40.0. The molecule has 7 heteroatoms. The van der Waals surface area contributed by atoms with Crippen molar-refractivity contribution in [2.75, 3.05) is 0 Å². The highest BCUT2D eigenvalue weighted by Crippen LogP contribution is 2.27. The zero-order valence-corrected chi connectivity index (χ0v) is 11.6. The van der Waals surface area contributed by atoms with E-state index in [4.69, 9.17) is 4.74 Å². The van der Waals surface area contributed by atoms with E-state index in [1.807, 2.05) is 0 Å². The quantitative estimate of drug-likeness (QED) is 0.427. The van der Waals surface area contributed by atoms with E-state index in [2.05, 4.69) is 5.32 Å². The molecule has 0 aromatic rings. The zero-order valence-electron chi connectivity index (χ0n) is 11.6. The molecule has 1 rings (SSSR count). The lowest BCUT2D eigenvalue weighted by Gasteiger charge is -2.45. The second-order valence-electron chi connectivity index (χ2n) is 5.90. The molecule has 0 spiro atoms. The first-order valence-electron chi connectivity index (χ1n) is 6.22. The minimum atomic E-state index is -1.86. The Morgan fingerprint density at radius 2 is 1.95 bits per heavy atom. The number of amides is 1. The summed E-state index contributed by atoms with van der Waals surface area (Å²) in [5.74, 6) is -2.34. The summed E-state index contributed by atoms with van der Waals surface area (Å²) >= 11 is 0. The van der Waals surface area contributed by atoms with Crippen LogP contribution in [0, 0.1) is 0 Å². The minimum absolute atomic E-state index is 0.143. The van der Waals surface area contributed by atoms with Gasteiger partial charge in [-0.15, -0.1) is 0 Å². The number of nitrogens with one attached hydrogen (secondary N) is 1. The fourth-order valence-electron chi connectivity index (χ4n) is 2.14. The van der Waals surface area contributed by atoms with E-state index in [0.29, 0.717) is 0 Å². The second-order valence-corrected chi connectivity index (χ2v) is 5.90. The maximum Gasteiger partial charge on any atom is 0.223 e. The zero-order chi connectivity index (χ0) is 15.0. The molecule has 0 bridgehead atoms. The first kappa shape index (κ1) is 16.3. The molecule has 1 heterocycles. The van der Waals surface area contributed by atoms with Gasteiger partial charge < -0.3 is 30.5 Å². The third-order valence-electron chi connectivity index (χ3n) is 3.09. The molecule has 0 aromatic carbocycles. The maximum absolute atomic E-state index is 11.7. The monoisotopic (exact) mass is 277 g/mol. The standard InChI is InChI=1S/C12H23NO6/c1-6-8(13-7(14)5-11(2,3)17)9(15)10(16)12(4,18)19-6/h6,8-10,15-18H,5H2,1-4H3,(H,13,14)/t6-,8-,9+,10-,12?/m1/s1. The van der Waals surface area contributed by atoms with Crippen molar-refractivity contribution in [3.63, 3.8) is 0 Å². The molecule has 1 fully saturated rings. The van der Waals surface area contributed by atoms with Gasteiger partial charge in [-0.05, 0) is 27.7 Å². The molecule has 0 saturated carbocycles. The third-order valence-corrected chi connectivity index (χ3v) is 3.09. The number of hydrogen-bond acceptors (Lipinski definition) is 6. The second kappa shape index (κ2) is 5.34. The van der Waals surface area contributed by atoms with Crippen LogP contribution in [-0.4, -0.2) is 62.1 Å². The lowest BCUT2D eigenvalue weighted by molar-refractivity contribution is -0.316. The number of carbonyl (C=O) groups is 1. The predicted molar refractivity (Wildman–Crippen MR) is 66.0 cm³/mol. The molecule has 1 amide bonds. The van der Waals surface area contributed by atoms with Crippen LogP contribution in [0.25, 0.3) is 0 Å². The van der Waals surface area contributed by atoms with Crippen LogP contribution in [0.4, 0.5) is 0 Å². The van der Waals surface area contributed by atoms with Crippen LogP contribution in [0.5, 0.6) is 0 Å². The fourth-order valence-corrected chi connectivity index (χ4v) is 2.14. The Morgan fingerprint density at radius 3 is 2.42 bits per heavy atom. The summed E-state index contributed by atoms with van der Waals surface area (Å²) in [5.41, 5.74) is -1.17. The highest BCUT2D eigenvalue weighted by molar-refractivity contribution is 5.77. The van der Waals surface area contributed by atoms with Gasteiger partial charge in [-0.1, -0.05) is 0 Å². The molecule has 1 saturated heterocycles. The van der Waals surface area contributed by atoms with E-state index in [0.717, 1.165) is 0 Å². The first-order valence-corrected chi connectivity index (χ1v) is 6.22. The summed E-state index contributed by atoms with van der Waals surface area (Å²) in [4.78, 5) is 11.7. The Bertz CT molecular complexity index is 338. The van der Waals surface area contributed by atoms with Crippen molar-refractivity contribution in [3.05, 3.63) is 0 Å². The van der Waals surface area contributed by atoms with Gasteiger partial charge in [0.2, 0.25) is 5.91 Å². The van der Waals surface area contributed by atoms with Gasteiger partial charge in [-0.2, -0.15) is 0 Å². The van der Waals surface area contributed by atoms with Crippen molar-refractivity contribution in [1.82, 2.24) is 5.32 Å². The number of aliphatic hydroxyl groups excluding tert-OH is 2. The van der Waals surface area contributed by atoms with Crippen molar-refractivity contribution in [3.8, 4) is 0 Å². The van der Waals surface area contributed by atoms with Crippen LogP contribution in [0.15, 0.2) is 0 Å². The van der Waals surface area contributed by atoms with E-state index in [1.165, 1.54) is 20.8 Å². The highest BCUT2D eigenvalue weighted by atomic mass is 16.6. The predicted octanol–water partition coefficient (Wildman–Crippen LogP) is -1.52. The maximum atomic E-state index is 11.7. The van der Waals surface area contributed by atoms with Gasteiger partial charge in [0.1, 0.15) is 12.2 Å². The van der Waals surface area contributed by atoms with Crippen molar-refractivity contribution in [2.45, 2.75) is 69.9 Å². The van der Waals surface area contributed by atoms with Crippen LogP contribution in [-0.2, 0) is 9.53 Å². The molecule has 19 heavy (non-hydrogen) atoms. The molecule has 7 nitrogen and oxygen atoms in total. The van der Waals surface area contributed by atoms with Gasteiger partial charge in [0.05, 0.1) is 24.2 Å². The number of ether oxygens (including phenoxy) is 1. The van der Waals surface area contributed by atoms with Crippen molar-refractivity contribution in [2.24, 2.45) is 0 Å². The largest absolute Gasteiger partial charge is 0.390 e. The van der Waals surface area contributed by atoms with Crippen molar-refractivity contribution in [1.29, 1.82) is 0 Å². The SMILES string of the molecule is C[C@H]1OC(C)(O)[C@H](O)[C@@H](O)[C@@H]1NC(=O)CC(C)(C)O. The summed E-state index contributed by atoms with van der Waals surface area (Å²) < 4.78 is 5.17. The molecule has 0 aromatic heterocycles. The Labute approximate surface area is 112 Å². The summed E-state index contributed by atoms with van der Waals surface area (Å²) in [5, 5.41) is 41.4. The highest BCUT2D eigenvalue weighted by Gasteiger charge is 2.49. The molecule has 1 aliphatic rings. The smallest absolute Gasteiger partial charge is 0.223 e. The Hall–Kier alpha value is -0.730. The van der Waals surface area contributed by atoms with Gasteiger partial charge in [-0.25, -0.2) is 0 Å².